The lowest BCUT2D eigenvalue weighted by Crippen LogP contribution is -2.13. The summed E-state index contributed by atoms with van der Waals surface area (Å²) >= 11 is 0. The Morgan fingerprint density at radius 3 is 3.08 bits per heavy atom. The van der Waals surface area contributed by atoms with Gasteiger partial charge in [-0.15, -0.1) is 0 Å². The third-order valence-corrected chi connectivity index (χ3v) is 2.02. The predicted molar refractivity (Wildman–Crippen MR) is 52.8 cm³/mol. The van der Waals surface area contributed by atoms with Crippen LogP contribution in [-0.2, 0) is 0 Å². The molecule has 0 fully saturated rings. The maximum atomic E-state index is 10.8. The Morgan fingerprint density at radius 1 is 1.69 bits per heavy atom. The zero-order valence-electron chi connectivity index (χ0n) is 8.00. The van der Waals surface area contributed by atoms with Crippen molar-refractivity contribution in [2.75, 3.05) is 11.9 Å². The Balaban J connectivity index is 2.50. The average molecular weight is 181 g/mol. The molecule has 1 aromatic heterocycles. The highest BCUT2D eigenvalue weighted by atomic mass is 16.1. The number of aromatic nitrogens is 2. The molecule has 0 saturated heterocycles. The summed E-state index contributed by atoms with van der Waals surface area (Å²) in [6, 6.07) is 1.51. The molecule has 0 aliphatic heterocycles. The number of nitrogens with one attached hydrogen (secondary N) is 2. The first kappa shape index (κ1) is 9.77. The summed E-state index contributed by atoms with van der Waals surface area (Å²) < 4.78 is 0. The molecule has 0 bridgehead atoms. The Labute approximate surface area is 77.4 Å². The van der Waals surface area contributed by atoms with Crippen molar-refractivity contribution in [2.45, 2.75) is 20.3 Å². The van der Waals surface area contributed by atoms with Gasteiger partial charge >= 0.3 is 0 Å². The molecule has 1 unspecified atom stereocenters. The first-order valence-electron chi connectivity index (χ1n) is 4.51. The smallest absolute Gasteiger partial charge is 0.266 e. The number of nitrogens with zero attached hydrogens (tertiary/aromatic N) is 1. The Kier molecular flexibility index (Phi) is 3.49. The summed E-state index contributed by atoms with van der Waals surface area (Å²) in [6.45, 7) is 5.18. The Bertz CT molecular complexity index is 308. The van der Waals surface area contributed by atoms with E-state index in [-0.39, 0.29) is 5.56 Å². The Morgan fingerprint density at radius 2 is 2.46 bits per heavy atom. The maximum Gasteiger partial charge on any atom is 0.266 e. The van der Waals surface area contributed by atoms with Gasteiger partial charge in [-0.25, -0.2) is 5.10 Å². The molecule has 1 rings (SSSR count). The zero-order chi connectivity index (χ0) is 9.68. The molecule has 13 heavy (non-hydrogen) atoms. The quantitative estimate of drug-likeness (QED) is 0.734. The summed E-state index contributed by atoms with van der Waals surface area (Å²) in [5.41, 5.74) is 0.609. The van der Waals surface area contributed by atoms with Gasteiger partial charge in [0.05, 0.1) is 11.9 Å². The number of hydrogen-bond donors (Lipinski definition) is 2. The van der Waals surface area contributed by atoms with Gasteiger partial charge in [-0.05, 0) is 5.92 Å². The van der Waals surface area contributed by atoms with E-state index in [1.54, 1.807) is 6.20 Å². The highest BCUT2D eigenvalue weighted by Gasteiger charge is 1.98. The van der Waals surface area contributed by atoms with Crippen LogP contribution < -0.4 is 10.9 Å². The van der Waals surface area contributed by atoms with E-state index in [1.807, 2.05) is 0 Å². The highest BCUT2D eigenvalue weighted by Crippen LogP contribution is 2.04. The fraction of sp³-hybridized carbons (Fsp3) is 0.556. The third-order valence-electron chi connectivity index (χ3n) is 2.02. The predicted octanol–water partition coefficient (Wildman–Crippen LogP) is 1.23. The van der Waals surface area contributed by atoms with Gasteiger partial charge in [0.25, 0.3) is 5.56 Å². The van der Waals surface area contributed by atoms with Crippen molar-refractivity contribution in [1.29, 1.82) is 0 Å². The maximum absolute atomic E-state index is 10.8. The molecule has 1 aromatic rings. The van der Waals surface area contributed by atoms with Crippen LogP contribution in [0.1, 0.15) is 20.3 Å². The van der Waals surface area contributed by atoms with Gasteiger partial charge < -0.3 is 5.32 Å². The first-order chi connectivity index (χ1) is 6.22. The number of hydrogen-bond acceptors (Lipinski definition) is 3. The zero-order valence-corrected chi connectivity index (χ0v) is 8.00. The lowest BCUT2D eigenvalue weighted by atomic mass is 10.1. The summed E-state index contributed by atoms with van der Waals surface area (Å²) in [5, 5.41) is 9.17. The van der Waals surface area contributed by atoms with Gasteiger partial charge in [0, 0.05) is 12.6 Å². The van der Waals surface area contributed by atoms with E-state index in [4.69, 9.17) is 0 Å². The minimum Gasteiger partial charge on any atom is -0.383 e. The monoisotopic (exact) mass is 181 g/mol. The number of rotatable bonds is 4. The normalized spacial score (nSPS) is 12.5. The molecule has 1 atom stereocenters. The van der Waals surface area contributed by atoms with Gasteiger partial charge in [-0.3, -0.25) is 4.79 Å². The summed E-state index contributed by atoms with van der Waals surface area (Å²) in [5.74, 6) is 0.610. The van der Waals surface area contributed by atoms with Crippen LogP contribution in [0.25, 0.3) is 0 Å². The Hall–Kier alpha value is -1.32. The van der Waals surface area contributed by atoms with Gasteiger partial charge in [0.1, 0.15) is 0 Å². The fourth-order valence-corrected chi connectivity index (χ4v) is 0.909. The molecule has 4 heteroatoms. The molecular weight excluding hydrogens is 166 g/mol. The summed E-state index contributed by atoms with van der Waals surface area (Å²) in [6.07, 6.45) is 2.74. The molecule has 0 radical (unpaired) electrons. The molecule has 0 spiro atoms. The van der Waals surface area contributed by atoms with Gasteiger partial charge in [0.15, 0.2) is 0 Å². The highest BCUT2D eigenvalue weighted by molar-refractivity contribution is 5.38. The molecule has 0 amide bonds. The van der Waals surface area contributed by atoms with Crippen LogP contribution in [0.15, 0.2) is 17.1 Å². The van der Waals surface area contributed by atoms with Crippen LogP contribution in [0.5, 0.6) is 0 Å². The number of H-pyrrole nitrogens is 1. The molecule has 0 aromatic carbocycles. The molecule has 1 heterocycles. The van der Waals surface area contributed by atoms with Crippen molar-refractivity contribution in [2.24, 2.45) is 5.92 Å². The summed E-state index contributed by atoms with van der Waals surface area (Å²) in [4.78, 5) is 10.8. The number of anilines is 1. The van der Waals surface area contributed by atoms with E-state index in [0.29, 0.717) is 5.92 Å². The minimum absolute atomic E-state index is 0.172. The van der Waals surface area contributed by atoms with Gasteiger partial charge in [-0.1, -0.05) is 20.3 Å². The van der Waals surface area contributed by atoms with E-state index >= 15 is 0 Å². The van der Waals surface area contributed by atoms with Crippen LogP contribution in [0.4, 0.5) is 5.69 Å². The second-order valence-electron chi connectivity index (χ2n) is 3.23. The summed E-state index contributed by atoms with van der Waals surface area (Å²) in [7, 11) is 0. The van der Waals surface area contributed by atoms with Crippen molar-refractivity contribution in [3.63, 3.8) is 0 Å². The molecule has 72 valence electrons. The van der Waals surface area contributed by atoms with Crippen LogP contribution in [0, 0.1) is 5.92 Å². The second-order valence-corrected chi connectivity index (χ2v) is 3.23. The first-order valence-corrected chi connectivity index (χ1v) is 4.51. The average Bonchev–Trinajstić information content (AvgIpc) is 2.14. The topological polar surface area (TPSA) is 57.8 Å². The van der Waals surface area contributed by atoms with Crippen LogP contribution in [-0.4, -0.2) is 16.7 Å². The van der Waals surface area contributed by atoms with E-state index in [1.165, 1.54) is 6.07 Å². The third kappa shape index (κ3) is 3.27. The van der Waals surface area contributed by atoms with E-state index < -0.39 is 0 Å². The van der Waals surface area contributed by atoms with Crippen molar-refractivity contribution >= 4 is 5.69 Å². The largest absolute Gasteiger partial charge is 0.383 e. The van der Waals surface area contributed by atoms with Crippen LogP contribution in [0.2, 0.25) is 0 Å². The van der Waals surface area contributed by atoms with Crippen molar-refractivity contribution < 1.29 is 0 Å². The van der Waals surface area contributed by atoms with Crippen molar-refractivity contribution in [3.05, 3.63) is 22.6 Å². The van der Waals surface area contributed by atoms with Crippen molar-refractivity contribution in [1.82, 2.24) is 10.2 Å². The van der Waals surface area contributed by atoms with E-state index in [9.17, 15) is 4.79 Å². The fourth-order valence-electron chi connectivity index (χ4n) is 0.909. The molecule has 0 aliphatic rings. The lowest BCUT2D eigenvalue weighted by Gasteiger charge is -2.09. The molecular formula is C9H15N3O. The van der Waals surface area contributed by atoms with Crippen LogP contribution in [0.3, 0.4) is 0 Å². The van der Waals surface area contributed by atoms with E-state index in [0.717, 1.165) is 18.7 Å². The van der Waals surface area contributed by atoms with Crippen molar-refractivity contribution in [3.8, 4) is 0 Å². The van der Waals surface area contributed by atoms with Gasteiger partial charge in [-0.2, -0.15) is 5.10 Å². The molecule has 2 N–H and O–H groups in total. The standard InChI is InChI=1S/C9H15N3O/c1-3-7(2)5-10-8-4-9(13)12-11-6-8/h4,6-7H,3,5H2,1-2H3,(H2,10,12,13). The van der Waals surface area contributed by atoms with E-state index in [2.05, 4.69) is 29.4 Å². The van der Waals surface area contributed by atoms with Gasteiger partial charge in [0.2, 0.25) is 0 Å². The second kappa shape index (κ2) is 4.64. The van der Waals surface area contributed by atoms with Crippen LogP contribution >= 0.6 is 0 Å². The lowest BCUT2D eigenvalue weighted by molar-refractivity contribution is 0.593. The minimum atomic E-state index is -0.172. The molecule has 0 saturated carbocycles. The number of aromatic amines is 1. The molecule has 4 nitrogen and oxygen atoms in total. The SMILES string of the molecule is CCC(C)CNc1cn[nH]c(=O)c1. The molecule has 0 aliphatic carbocycles.